The van der Waals surface area contributed by atoms with Gasteiger partial charge in [0, 0.05) is 37.6 Å². The van der Waals surface area contributed by atoms with Gasteiger partial charge in [0.1, 0.15) is 18.4 Å². The van der Waals surface area contributed by atoms with Crippen molar-refractivity contribution in [2.75, 3.05) is 19.7 Å². The van der Waals surface area contributed by atoms with E-state index in [1.54, 1.807) is 0 Å². The first-order valence-corrected chi connectivity index (χ1v) is 16.9. The molecule has 0 unspecified atom stereocenters. The second-order valence-corrected chi connectivity index (χ2v) is 13.6. The second kappa shape index (κ2) is 18.2. The number of amides is 2. The molecule has 0 spiro atoms. The number of ether oxygens (including phenoxy) is 1. The maximum Gasteiger partial charge on any atom is 0.407 e. The van der Waals surface area contributed by atoms with E-state index in [2.05, 4.69) is 39.9 Å². The second-order valence-electron chi connectivity index (χ2n) is 13.6. The Morgan fingerprint density at radius 2 is 1.67 bits per heavy atom. The number of carbonyl (C=O) groups excluding carboxylic acids is 3. The van der Waals surface area contributed by atoms with Crippen molar-refractivity contribution in [1.82, 2.24) is 10.6 Å². The number of carbonyl (C=O) groups is 4. The van der Waals surface area contributed by atoms with Crippen molar-refractivity contribution in [3.8, 4) is 11.1 Å². The van der Waals surface area contributed by atoms with Crippen LogP contribution >= 0.6 is 0 Å². The molecular weight excluding hydrogens is 610 g/mol. The van der Waals surface area contributed by atoms with Crippen LogP contribution in [0.2, 0.25) is 0 Å². The number of benzene rings is 2. The quantitative estimate of drug-likeness (QED) is 0.0912. The van der Waals surface area contributed by atoms with Gasteiger partial charge >= 0.3 is 12.1 Å². The Morgan fingerprint density at radius 3 is 2.21 bits per heavy atom. The number of nitrogens with one attached hydrogen (secondary N) is 2. The molecule has 2 aromatic rings. The number of fused-ring (bicyclic) bond motifs is 3. The fourth-order valence-electron chi connectivity index (χ4n) is 6.16. The van der Waals surface area contributed by atoms with Crippen LogP contribution in [0.5, 0.6) is 0 Å². The minimum Gasteiger partial charge on any atom is -0.511 e. The van der Waals surface area contributed by atoms with E-state index in [0.717, 1.165) is 6.42 Å². The van der Waals surface area contributed by atoms with Gasteiger partial charge in [-0.2, -0.15) is 0 Å². The van der Waals surface area contributed by atoms with Gasteiger partial charge in [0.05, 0.1) is 5.57 Å². The third-order valence-corrected chi connectivity index (χ3v) is 8.38. The number of alkyl carbamates (subject to hydrolysis) is 1. The number of ketones is 1. The molecule has 2 amide bonds. The van der Waals surface area contributed by atoms with Gasteiger partial charge in [-0.1, -0.05) is 83.1 Å². The van der Waals surface area contributed by atoms with E-state index in [1.165, 1.54) is 22.3 Å². The number of aliphatic hydroxyl groups excluding tert-OH is 1. The molecular formula is C38H51N3O7. The van der Waals surface area contributed by atoms with Crippen LogP contribution in [-0.4, -0.2) is 65.9 Å². The van der Waals surface area contributed by atoms with E-state index in [4.69, 9.17) is 9.84 Å². The normalized spacial score (nSPS) is 16.0. The number of aliphatic imine (C=N–C) groups is 1. The van der Waals surface area contributed by atoms with Crippen LogP contribution < -0.4 is 10.6 Å². The molecule has 0 fully saturated rings. The van der Waals surface area contributed by atoms with E-state index >= 15 is 0 Å². The van der Waals surface area contributed by atoms with Gasteiger partial charge in [0.2, 0.25) is 6.41 Å². The maximum absolute atomic E-state index is 12.6. The smallest absolute Gasteiger partial charge is 0.407 e. The molecule has 2 aliphatic carbocycles. The van der Waals surface area contributed by atoms with E-state index in [9.17, 15) is 24.3 Å². The van der Waals surface area contributed by atoms with Crippen LogP contribution in [0.25, 0.3) is 11.1 Å². The van der Waals surface area contributed by atoms with Gasteiger partial charge in [-0.3, -0.25) is 14.6 Å². The zero-order valence-electron chi connectivity index (χ0n) is 28.9. The fraction of sp³-hybridized carbons (Fsp3) is 0.500. The highest BCUT2D eigenvalue weighted by Crippen LogP contribution is 2.44. The summed E-state index contributed by atoms with van der Waals surface area (Å²) in [4.78, 5) is 50.2. The summed E-state index contributed by atoms with van der Waals surface area (Å²) in [6.45, 7) is 11.5. The molecule has 0 aliphatic heterocycles. The van der Waals surface area contributed by atoms with Crippen LogP contribution in [0.4, 0.5) is 4.79 Å². The number of hydrogen-bond donors (Lipinski definition) is 4. The van der Waals surface area contributed by atoms with E-state index in [-0.39, 0.29) is 29.0 Å². The molecule has 260 valence electrons. The van der Waals surface area contributed by atoms with Crippen molar-refractivity contribution in [3.63, 3.8) is 0 Å². The van der Waals surface area contributed by atoms with Gasteiger partial charge in [0.15, 0.2) is 5.78 Å². The average Bonchev–Trinajstić information content (AvgIpc) is 3.34. The number of aliphatic carboxylic acids is 1. The van der Waals surface area contributed by atoms with E-state index in [0.29, 0.717) is 81.8 Å². The van der Waals surface area contributed by atoms with E-state index in [1.807, 2.05) is 58.9 Å². The molecule has 4 N–H and O–H groups in total. The molecule has 0 radical (unpaired) electrons. The van der Waals surface area contributed by atoms with Crippen LogP contribution in [-0.2, 0) is 19.1 Å². The van der Waals surface area contributed by atoms with Crippen LogP contribution in [0, 0.1) is 11.3 Å². The molecule has 4 rings (SSSR count). The zero-order chi connectivity index (χ0) is 35.3. The summed E-state index contributed by atoms with van der Waals surface area (Å²) < 4.78 is 5.39. The topological polar surface area (TPSA) is 154 Å². The van der Waals surface area contributed by atoms with Crippen molar-refractivity contribution in [2.24, 2.45) is 16.3 Å². The molecule has 48 heavy (non-hydrogen) atoms. The van der Waals surface area contributed by atoms with Crippen molar-refractivity contribution in [1.29, 1.82) is 0 Å². The van der Waals surface area contributed by atoms with Gasteiger partial charge in [0.25, 0.3) is 0 Å². The molecule has 0 saturated carbocycles. The summed E-state index contributed by atoms with van der Waals surface area (Å²) in [6, 6.07) is 15.8. The summed E-state index contributed by atoms with van der Waals surface area (Å²) in [6.07, 6.45) is 3.97. The predicted octanol–water partition coefficient (Wildman–Crippen LogP) is 6.98. The lowest BCUT2D eigenvalue weighted by Crippen LogP contribution is -2.35. The zero-order valence-corrected chi connectivity index (χ0v) is 28.9. The Morgan fingerprint density at radius 1 is 1.04 bits per heavy atom. The Hall–Kier alpha value is -4.47. The third kappa shape index (κ3) is 10.8. The number of allylic oxidation sites excluding steroid dienone is 2. The first kappa shape index (κ1) is 38.0. The molecule has 2 aromatic carbocycles. The largest absolute Gasteiger partial charge is 0.511 e. The fourth-order valence-corrected chi connectivity index (χ4v) is 6.16. The number of carboxylic acid groups (broad SMARTS) is 1. The van der Waals surface area contributed by atoms with Crippen LogP contribution in [0.3, 0.4) is 0 Å². The van der Waals surface area contributed by atoms with Gasteiger partial charge < -0.3 is 25.6 Å². The number of aliphatic hydroxyl groups is 1. The van der Waals surface area contributed by atoms with Crippen LogP contribution in [0.1, 0.15) is 96.6 Å². The number of hydrogen-bond acceptors (Lipinski definition) is 7. The maximum atomic E-state index is 12.6. The highest BCUT2D eigenvalue weighted by atomic mass is 16.5. The number of Topliss-reactive ketones (excluding diaryl/α,β-unsaturated/α-hetero) is 1. The number of rotatable bonds is 15. The minimum atomic E-state index is -1.06. The van der Waals surface area contributed by atoms with Crippen LogP contribution in [0.15, 0.2) is 64.9 Å². The number of carboxylic acids is 1. The average molecular weight is 662 g/mol. The van der Waals surface area contributed by atoms with E-state index < -0.39 is 12.0 Å². The van der Waals surface area contributed by atoms with Gasteiger partial charge in [-0.25, -0.2) is 9.59 Å². The third-order valence-electron chi connectivity index (χ3n) is 8.38. The van der Waals surface area contributed by atoms with Gasteiger partial charge in [-0.15, -0.1) is 0 Å². The van der Waals surface area contributed by atoms with Crippen molar-refractivity contribution in [3.05, 3.63) is 71.0 Å². The Bertz CT molecular complexity index is 1450. The molecule has 2 aliphatic rings. The summed E-state index contributed by atoms with van der Waals surface area (Å²) in [5, 5.41) is 24.4. The summed E-state index contributed by atoms with van der Waals surface area (Å²) in [5.74, 6) is -0.581. The Balaban J connectivity index is 0.000000267. The highest BCUT2D eigenvalue weighted by molar-refractivity contribution is 6.23. The summed E-state index contributed by atoms with van der Waals surface area (Å²) in [5.41, 5.74) is 5.73. The predicted molar refractivity (Wildman–Crippen MR) is 187 cm³/mol. The molecule has 1 atom stereocenters. The molecule has 0 aromatic heterocycles. The number of nitrogens with zero attached hydrogens (tertiary/aromatic N) is 1. The lowest BCUT2D eigenvalue weighted by molar-refractivity contribution is -0.140. The highest BCUT2D eigenvalue weighted by Gasteiger charge is 2.35. The standard InChI is InChI=1S/C20H32N2O5.C18H19NO2/c1-13(2)9-15(18-16(24)10-20(3,4)11-17(18)25)21-8-6-5-7-14(19(26)27)22-12-23;1-2-11-19-18(20)21-12-17-15-9-5-3-7-13(15)14-8-4-6-10-16(14)17/h12-14,24H,5-11H2,1-4H3,(H,22,23)(H,26,27);3-10,17H,2,11-12H2,1H3,(H,19,20)/t14-;/m0./s1. The molecule has 0 heterocycles. The first-order valence-electron chi connectivity index (χ1n) is 16.9. The molecule has 10 nitrogen and oxygen atoms in total. The molecule has 10 heteroatoms. The monoisotopic (exact) mass is 661 g/mol. The minimum absolute atomic E-state index is 0.0655. The SMILES string of the molecule is CC(C)CC(=NCCCC[C@H](NC=O)C(=O)O)C1=C(O)CC(C)(C)CC1=O.CCCNC(=O)OCC1c2ccccc2-c2ccccc21. The summed E-state index contributed by atoms with van der Waals surface area (Å²) >= 11 is 0. The summed E-state index contributed by atoms with van der Waals surface area (Å²) in [7, 11) is 0. The lowest BCUT2D eigenvalue weighted by atomic mass is 9.75. The Labute approximate surface area is 284 Å². The Kier molecular flexibility index (Phi) is 14.4. The van der Waals surface area contributed by atoms with Crippen molar-refractivity contribution in [2.45, 2.75) is 91.5 Å². The van der Waals surface area contributed by atoms with Crippen molar-refractivity contribution >= 4 is 30.0 Å². The molecule has 0 bridgehead atoms. The number of unbranched alkanes of at least 4 members (excludes halogenated alkanes) is 1. The first-order chi connectivity index (χ1) is 22.9. The molecule has 0 saturated heterocycles. The van der Waals surface area contributed by atoms with Crippen molar-refractivity contribution < 1.29 is 34.1 Å². The van der Waals surface area contributed by atoms with Gasteiger partial charge in [-0.05, 0) is 65.7 Å². The lowest BCUT2D eigenvalue weighted by Gasteiger charge is -2.30.